The number of aliphatic hydroxyl groups is 1. The van der Waals surface area contributed by atoms with E-state index in [1.165, 1.54) is 0 Å². The number of hydrogen-bond acceptors (Lipinski definition) is 3. The lowest BCUT2D eigenvalue weighted by molar-refractivity contribution is 0.251. The number of nitrogens with zero attached hydrogens (tertiary/aromatic N) is 2. The lowest BCUT2D eigenvalue weighted by atomic mass is 10.2. The zero-order valence-electron chi connectivity index (χ0n) is 8.20. The average Bonchev–Trinajstić information content (AvgIpc) is 2.56. The molecular weight excluding hydrogens is 166 g/mol. The smallest absolute Gasteiger partial charge is 0.0627 e. The summed E-state index contributed by atoms with van der Waals surface area (Å²) in [4.78, 5) is 0. The Kier molecular flexibility index (Phi) is 3.92. The maximum atomic E-state index is 9.02. The van der Waals surface area contributed by atoms with E-state index in [2.05, 4.69) is 17.3 Å². The highest BCUT2D eigenvalue weighted by Crippen LogP contribution is 2.10. The van der Waals surface area contributed by atoms with Crippen LogP contribution in [0.15, 0.2) is 12.4 Å². The van der Waals surface area contributed by atoms with Crippen LogP contribution in [0.2, 0.25) is 0 Å². The molecule has 0 saturated carbocycles. The molecule has 0 spiro atoms. The topological polar surface area (TPSA) is 50.1 Å². The van der Waals surface area contributed by atoms with Gasteiger partial charge in [-0.2, -0.15) is 5.10 Å². The molecule has 0 amide bonds. The summed E-state index contributed by atoms with van der Waals surface area (Å²) in [6, 6.07) is 0.00519. The Morgan fingerprint density at radius 2 is 2.46 bits per heavy atom. The minimum absolute atomic E-state index is 0.00519. The van der Waals surface area contributed by atoms with Gasteiger partial charge in [-0.1, -0.05) is 6.92 Å². The second kappa shape index (κ2) is 4.99. The van der Waals surface area contributed by atoms with Gasteiger partial charge >= 0.3 is 0 Å². The van der Waals surface area contributed by atoms with Gasteiger partial charge in [0.1, 0.15) is 0 Å². The zero-order valence-corrected chi connectivity index (χ0v) is 8.20. The van der Waals surface area contributed by atoms with Crippen molar-refractivity contribution in [1.29, 1.82) is 0 Å². The maximum Gasteiger partial charge on any atom is 0.0627 e. The molecule has 74 valence electrons. The first kappa shape index (κ1) is 10.2. The zero-order chi connectivity index (χ0) is 9.68. The molecule has 0 aliphatic rings. The van der Waals surface area contributed by atoms with Crippen molar-refractivity contribution in [3.8, 4) is 0 Å². The molecule has 0 saturated heterocycles. The van der Waals surface area contributed by atoms with Crippen LogP contribution in [-0.2, 0) is 6.54 Å². The maximum absolute atomic E-state index is 9.02. The van der Waals surface area contributed by atoms with Crippen molar-refractivity contribution in [3.05, 3.63) is 18.0 Å². The molecule has 1 heterocycles. The van der Waals surface area contributed by atoms with Crippen LogP contribution in [0.4, 0.5) is 0 Å². The molecule has 0 bridgehead atoms. The highest BCUT2D eigenvalue weighted by Gasteiger charge is 2.09. The largest absolute Gasteiger partial charge is 0.394 e. The number of hydrogen-bond donors (Lipinski definition) is 2. The molecule has 1 aromatic rings. The Bertz CT molecular complexity index is 243. The first-order chi connectivity index (χ1) is 6.31. The van der Waals surface area contributed by atoms with Gasteiger partial charge in [0.2, 0.25) is 0 Å². The predicted octanol–water partition coefficient (Wildman–Crippen LogP) is 0.546. The lowest BCUT2D eigenvalue weighted by Gasteiger charge is -2.09. The third kappa shape index (κ3) is 2.54. The van der Waals surface area contributed by atoms with Crippen LogP contribution in [0.3, 0.4) is 0 Å². The van der Waals surface area contributed by atoms with Crippen LogP contribution in [-0.4, -0.2) is 28.5 Å². The van der Waals surface area contributed by atoms with E-state index in [1.54, 1.807) is 6.20 Å². The molecule has 0 aromatic carbocycles. The standard InChI is InChI=1S/C9H17N3O/c1-3-4-12-6-8(5-11-12)9(7-13)10-2/h5-6,9-10,13H,3-4,7H2,1-2H3. The molecule has 1 aromatic heterocycles. The average molecular weight is 183 g/mol. The van der Waals surface area contributed by atoms with Crippen LogP contribution in [0.5, 0.6) is 0 Å². The fourth-order valence-corrected chi connectivity index (χ4v) is 1.27. The fraction of sp³-hybridized carbons (Fsp3) is 0.667. The van der Waals surface area contributed by atoms with Gasteiger partial charge in [0.25, 0.3) is 0 Å². The predicted molar refractivity (Wildman–Crippen MR) is 51.4 cm³/mol. The van der Waals surface area contributed by atoms with E-state index in [4.69, 9.17) is 5.11 Å². The Morgan fingerprint density at radius 3 is 3.00 bits per heavy atom. The van der Waals surface area contributed by atoms with Crippen molar-refractivity contribution in [2.75, 3.05) is 13.7 Å². The van der Waals surface area contributed by atoms with Gasteiger partial charge in [-0.05, 0) is 13.5 Å². The van der Waals surface area contributed by atoms with Crippen LogP contribution >= 0.6 is 0 Å². The van der Waals surface area contributed by atoms with Crippen LogP contribution in [0.25, 0.3) is 0 Å². The number of rotatable bonds is 5. The molecule has 0 fully saturated rings. The summed E-state index contributed by atoms with van der Waals surface area (Å²) in [5.74, 6) is 0. The molecule has 1 atom stereocenters. The Labute approximate surface area is 78.6 Å². The van der Waals surface area contributed by atoms with Gasteiger partial charge in [-0.3, -0.25) is 4.68 Å². The molecule has 4 nitrogen and oxygen atoms in total. The van der Waals surface area contributed by atoms with E-state index >= 15 is 0 Å². The number of aryl methyl sites for hydroxylation is 1. The van der Waals surface area contributed by atoms with Gasteiger partial charge in [-0.25, -0.2) is 0 Å². The minimum Gasteiger partial charge on any atom is -0.394 e. The van der Waals surface area contributed by atoms with E-state index in [9.17, 15) is 0 Å². The minimum atomic E-state index is 0.00519. The van der Waals surface area contributed by atoms with Crippen molar-refractivity contribution in [3.63, 3.8) is 0 Å². The summed E-state index contributed by atoms with van der Waals surface area (Å²) in [5, 5.41) is 16.2. The Hall–Kier alpha value is -0.870. The quantitative estimate of drug-likeness (QED) is 0.700. The molecule has 0 aliphatic heterocycles. The first-order valence-corrected chi connectivity index (χ1v) is 4.62. The van der Waals surface area contributed by atoms with Crippen molar-refractivity contribution in [2.24, 2.45) is 0 Å². The molecule has 0 aliphatic carbocycles. The monoisotopic (exact) mass is 183 g/mol. The summed E-state index contributed by atoms with van der Waals surface area (Å²) in [6.07, 6.45) is 4.85. The molecule has 0 radical (unpaired) electrons. The van der Waals surface area contributed by atoms with Crippen molar-refractivity contribution in [2.45, 2.75) is 25.9 Å². The van der Waals surface area contributed by atoms with Crippen molar-refractivity contribution >= 4 is 0 Å². The van der Waals surface area contributed by atoms with Gasteiger partial charge in [0, 0.05) is 18.3 Å². The third-order valence-electron chi connectivity index (χ3n) is 2.04. The van der Waals surface area contributed by atoms with E-state index in [-0.39, 0.29) is 12.6 Å². The fourth-order valence-electron chi connectivity index (χ4n) is 1.27. The third-order valence-corrected chi connectivity index (χ3v) is 2.04. The summed E-state index contributed by atoms with van der Waals surface area (Å²) < 4.78 is 1.90. The second-order valence-electron chi connectivity index (χ2n) is 3.06. The molecular formula is C9H17N3O. The van der Waals surface area contributed by atoms with E-state index < -0.39 is 0 Å². The van der Waals surface area contributed by atoms with Gasteiger partial charge in [0.05, 0.1) is 18.8 Å². The van der Waals surface area contributed by atoms with Crippen LogP contribution < -0.4 is 5.32 Å². The van der Waals surface area contributed by atoms with Crippen LogP contribution in [0.1, 0.15) is 24.9 Å². The summed E-state index contributed by atoms with van der Waals surface area (Å²) in [7, 11) is 1.83. The summed E-state index contributed by atoms with van der Waals surface area (Å²) in [5.41, 5.74) is 1.04. The normalized spacial score (nSPS) is 13.2. The van der Waals surface area contributed by atoms with Gasteiger partial charge < -0.3 is 10.4 Å². The second-order valence-corrected chi connectivity index (χ2v) is 3.06. The van der Waals surface area contributed by atoms with Crippen molar-refractivity contribution < 1.29 is 5.11 Å². The molecule has 13 heavy (non-hydrogen) atoms. The van der Waals surface area contributed by atoms with Crippen LogP contribution in [0, 0.1) is 0 Å². The summed E-state index contributed by atoms with van der Waals surface area (Å²) >= 11 is 0. The molecule has 2 N–H and O–H groups in total. The Balaban J connectivity index is 2.66. The number of nitrogens with one attached hydrogen (secondary N) is 1. The highest BCUT2D eigenvalue weighted by molar-refractivity contribution is 5.10. The number of aliphatic hydroxyl groups excluding tert-OH is 1. The lowest BCUT2D eigenvalue weighted by Crippen LogP contribution is -2.19. The van der Waals surface area contributed by atoms with Crippen molar-refractivity contribution in [1.82, 2.24) is 15.1 Å². The Morgan fingerprint density at radius 1 is 1.69 bits per heavy atom. The molecule has 1 rings (SSSR count). The van der Waals surface area contributed by atoms with Gasteiger partial charge in [-0.15, -0.1) is 0 Å². The number of aromatic nitrogens is 2. The van der Waals surface area contributed by atoms with Gasteiger partial charge in [0.15, 0.2) is 0 Å². The highest BCUT2D eigenvalue weighted by atomic mass is 16.3. The first-order valence-electron chi connectivity index (χ1n) is 4.62. The summed E-state index contributed by atoms with van der Waals surface area (Å²) in [6.45, 7) is 3.15. The molecule has 1 unspecified atom stereocenters. The van der Waals surface area contributed by atoms with E-state index in [0.29, 0.717) is 0 Å². The number of likely N-dealkylation sites (N-methyl/N-ethyl adjacent to an activating group) is 1. The SMILES string of the molecule is CCCn1cc(C(CO)NC)cn1. The van der Waals surface area contributed by atoms with E-state index in [0.717, 1.165) is 18.5 Å². The van der Waals surface area contributed by atoms with E-state index in [1.807, 2.05) is 17.9 Å². The molecule has 4 heteroatoms.